The SMILES string of the molecule is CCn1nnc(C)c1C(=O)NC(C)c1cc(F)ccc1OC. The molecule has 1 atom stereocenters. The summed E-state index contributed by atoms with van der Waals surface area (Å²) in [4.78, 5) is 12.4. The van der Waals surface area contributed by atoms with E-state index in [2.05, 4.69) is 15.6 Å². The monoisotopic (exact) mass is 306 g/mol. The Labute approximate surface area is 128 Å². The van der Waals surface area contributed by atoms with Crippen LogP contribution in [0.4, 0.5) is 4.39 Å². The first kappa shape index (κ1) is 15.9. The second-order valence-electron chi connectivity index (χ2n) is 4.92. The summed E-state index contributed by atoms with van der Waals surface area (Å²) in [5, 5.41) is 10.6. The van der Waals surface area contributed by atoms with E-state index in [1.54, 1.807) is 13.8 Å². The van der Waals surface area contributed by atoms with Gasteiger partial charge in [-0.15, -0.1) is 5.10 Å². The number of carbonyl (C=O) groups excluding carboxylic acids is 1. The number of nitrogens with zero attached hydrogens (tertiary/aromatic N) is 3. The van der Waals surface area contributed by atoms with E-state index in [9.17, 15) is 9.18 Å². The molecule has 1 N–H and O–H groups in total. The molecular weight excluding hydrogens is 287 g/mol. The van der Waals surface area contributed by atoms with Crippen LogP contribution in [-0.2, 0) is 6.54 Å². The summed E-state index contributed by atoms with van der Waals surface area (Å²) in [7, 11) is 1.51. The van der Waals surface area contributed by atoms with Crippen LogP contribution in [0.2, 0.25) is 0 Å². The molecule has 1 heterocycles. The van der Waals surface area contributed by atoms with E-state index >= 15 is 0 Å². The number of aryl methyl sites for hydroxylation is 2. The second kappa shape index (κ2) is 6.55. The first-order valence-corrected chi connectivity index (χ1v) is 7.02. The van der Waals surface area contributed by atoms with Crippen molar-refractivity contribution in [1.29, 1.82) is 0 Å². The third kappa shape index (κ3) is 3.08. The Balaban J connectivity index is 2.25. The van der Waals surface area contributed by atoms with Gasteiger partial charge in [-0.05, 0) is 39.0 Å². The fraction of sp³-hybridized carbons (Fsp3) is 0.400. The van der Waals surface area contributed by atoms with Gasteiger partial charge in [0.15, 0.2) is 0 Å². The van der Waals surface area contributed by atoms with Gasteiger partial charge in [0, 0.05) is 12.1 Å². The van der Waals surface area contributed by atoms with Crippen molar-refractivity contribution >= 4 is 5.91 Å². The van der Waals surface area contributed by atoms with Gasteiger partial charge in [-0.3, -0.25) is 4.79 Å². The highest BCUT2D eigenvalue weighted by atomic mass is 19.1. The number of methoxy groups -OCH3 is 1. The molecule has 2 rings (SSSR count). The predicted molar refractivity (Wildman–Crippen MR) is 79.3 cm³/mol. The largest absolute Gasteiger partial charge is 0.496 e. The number of rotatable bonds is 5. The van der Waals surface area contributed by atoms with E-state index in [1.165, 1.54) is 30.0 Å². The van der Waals surface area contributed by atoms with E-state index < -0.39 is 6.04 Å². The summed E-state index contributed by atoms with van der Waals surface area (Å²) in [6.45, 7) is 5.91. The van der Waals surface area contributed by atoms with E-state index in [1.807, 2.05) is 6.92 Å². The molecule has 7 heteroatoms. The molecule has 1 aromatic heterocycles. The Morgan fingerprint density at radius 1 is 1.50 bits per heavy atom. The molecule has 2 aromatic rings. The molecule has 6 nitrogen and oxygen atoms in total. The van der Waals surface area contributed by atoms with Crippen LogP contribution in [0.25, 0.3) is 0 Å². The van der Waals surface area contributed by atoms with Crippen LogP contribution >= 0.6 is 0 Å². The summed E-state index contributed by atoms with van der Waals surface area (Å²) >= 11 is 0. The third-order valence-electron chi connectivity index (χ3n) is 3.42. The van der Waals surface area contributed by atoms with Gasteiger partial charge in [0.1, 0.15) is 17.3 Å². The maximum atomic E-state index is 13.4. The summed E-state index contributed by atoms with van der Waals surface area (Å²) in [5.41, 5.74) is 1.53. The lowest BCUT2D eigenvalue weighted by Gasteiger charge is -2.17. The molecule has 0 saturated heterocycles. The van der Waals surface area contributed by atoms with E-state index in [0.717, 1.165) is 0 Å². The minimum absolute atomic E-state index is 0.303. The lowest BCUT2D eigenvalue weighted by molar-refractivity contribution is 0.0928. The predicted octanol–water partition coefficient (Wildman–Crippen LogP) is 2.25. The molecule has 0 fully saturated rings. The molecule has 0 aliphatic heterocycles. The zero-order valence-electron chi connectivity index (χ0n) is 13.1. The molecule has 1 unspecified atom stereocenters. The summed E-state index contributed by atoms with van der Waals surface area (Å²) in [6.07, 6.45) is 0. The third-order valence-corrected chi connectivity index (χ3v) is 3.42. The number of hydrogen-bond acceptors (Lipinski definition) is 4. The first-order chi connectivity index (χ1) is 10.5. The van der Waals surface area contributed by atoms with Crippen LogP contribution in [0.3, 0.4) is 0 Å². The lowest BCUT2D eigenvalue weighted by atomic mass is 10.1. The number of ether oxygens (including phenoxy) is 1. The van der Waals surface area contributed by atoms with Crippen LogP contribution in [0, 0.1) is 12.7 Å². The van der Waals surface area contributed by atoms with Crippen LogP contribution in [-0.4, -0.2) is 28.0 Å². The molecular formula is C15H19FN4O2. The lowest BCUT2D eigenvalue weighted by Crippen LogP contribution is -2.29. The van der Waals surface area contributed by atoms with Gasteiger partial charge in [-0.2, -0.15) is 0 Å². The van der Waals surface area contributed by atoms with Crippen molar-refractivity contribution in [2.75, 3.05) is 7.11 Å². The average molecular weight is 306 g/mol. The number of hydrogen-bond donors (Lipinski definition) is 1. The van der Waals surface area contributed by atoms with Crippen LogP contribution in [0.5, 0.6) is 5.75 Å². The highest BCUT2D eigenvalue weighted by Crippen LogP contribution is 2.26. The van der Waals surface area contributed by atoms with Gasteiger partial charge in [0.2, 0.25) is 0 Å². The highest BCUT2D eigenvalue weighted by molar-refractivity contribution is 5.93. The number of carbonyl (C=O) groups is 1. The molecule has 0 aliphatic carbocycles. The number of nitrogens with one attached hydrogen (secondary N) is 1. The van der Waals surface area contributed by atoms with Crippen molar-refractivity contribution in [1.82, 2.24) is 20.3 Å². The van der Waals surface area contributed by atoms with Crippen LogP contribution < -0.4 is 10.1 Å². The van der Waals surface area contributed by atoms with E-state index in [4.69, 9.17) is 4.74 Å². The first-order valence-electron chi connectivity index (χ1n) is 7.02. The highest BCUT2D eigenvalue weighted by Gasteiger charge is 2.21. The van der Waals surface area contributed by atoms with E-state index in [-0.39, 0.29) is 11.7 Å². The van der Waals surface area contributed by atoms with Gasteiger partial charge in [0.25, 0.3) is 5.91 Å². The number of halogens is 1. The Hall–Kier alpha value is -2.44. The Bertz CT molecular complexity index is 684. The Morgan fingerprint density at radius 3 is 2.86 bits per heavy atom. The quantitative estimate of drug-likeness (QED) is 0.920. The minimum Gasteiger partial charge on any atom is -0.496 e. The fourth-order valence-electron chi connectivity index (χ4n) is 2.29. The van der Waals surface area contributed by atoms with Gasteiger partial charge in [0.05, 0.1) is 18.8 Å². The number of benzene rings is 1. The van der Waals surface area contributed by atoms with Gasteiger partial charge >= 0.3 is 0 Å². The number of amides is 1. The maximum absolute atomic E-state index is 13.4. The molecule has 22 heavy (non-hydrogen) atoms. The van der Waals surface area contributed by atoms with E-state index in [0.29, 0.717) is 29.2 Å². The summed E-state index contributed by atoms with van der Waals surface area (Å²) in [6, 6.07) is 3.79. The standard InChI is InChI=1S/C15H19FN4O2/c1-5-20-14(10(3)18-19-20)15(21)17-9(2)12-8-11(16)6-7-13(12)22-4/h6-9H,5H2,1-4H3,(H,17,21). The second-order valence-corrected chi connectivity index (χ2v) is 4.92. The van der Waals surface area contributed by atoms with Crippen molar-refractivity contribution in [2.45, 2.75) is 33.4 Å². The zero-order chi connectivity index (χ0) is 16.3. The topological polar surface area (TPSA) is 69.0 Å². The average Bonchev–Trinajstić information content (AvgIpc) is 2.88. The van der Waals surface area contributed by atoms with Crippen molar-refractivity contribution in [3.63, 3.8) is 0 Å². The molecule has 118 valence electrons. The van der Waals surface area contributed by atoms with Gasteiger partial charge < -0.3 is 10.1 Å². The number of aromatic nitrogens is 3. The molecule has 0 aliphatic rings. The van der Waals surface area contributed by atoms with Crippen molar-refractivity contribution < 1.29 is 13.9 Å². The smallest absolute Gasteiger partial charge is 0.271 e. The molecule has 0 radical (unpaired) electrons. The molecule has 0 bridgehead atoms. The zero-order valence-corrected chi connectivity index (χ0v) is 13.1. The molecule has 1 aromatic carbocycles. The molecule has 1 amide bonds. The van der Waals surface area contributed by atoms with Crippen molar-refractivity contribution in [3.05, 3.63) is 41.0 Å². The fourth-order valence-corrected chi connectivity index (χ4v) is 2.29. The van der Waals surface area contributed by atoms with Crippen molar-refractivity contribution in [2.24, 2.45) is 0 Å². The van der Waals surface area contributed by atoms with Gasteiger partial charge in [-0.1, -0.05) is 5.21 Å². The normalized spacial score (nSPS) is 12.0. The molecule has 0 spiro atoms. The van der Waals surface area contributed by atoms with Crippen molar-refractivity contribution in [3.8, 4) is 5.75 Å². The minimum atomic E-state index is -0.419. The summed E-state index contributed by atoms with van der Waals surface area (Å²) in [5.74, 6) is -0.162. The Kier molecular flexibility index (Phi) is 4.75. The van der Waals surface area contributed by atoms with Crippen LogP contribution in [0.1, 0.15) is 41.6 Å². The van der Waals surface area contributed by atoms with Crippen LogP contribution in [0.15, 0.2) is 18.2 Å². The summed E-state index contributed by atoms with van der Waals surface area (Å²) < 4.78 is 20.2. The Morgan fingerprint density at radius 2 is 2.23 bits per heavy atom. The maximum Gasteiger partial charge on any atom is 0.271 e. The molecule has 0 saturated carbocycles. The van der Waals surface area contributed by atoms with Gasteiger partial charge in [-0.25, -0.2) is 9.07 Å².